The number of anilines is 1. The van der Waals surface area contributed by atoms with Gasteiger partial charge in [0.15, 0.2) is 5.16 Å². The van der Waals surface area contributed by atoms with E-state index in [2.05, 4.69) is 16.0 Å². The van der Waals surface area contributed by atoms with Crippen molar-refractivity contribution in [2.24, 2.45) is 0 Å². The molecule has 0 bridgehead atoms. The molecule has 76 valence electrons. The lowest BCUT2D eigenvalue weighted by atomic mass is 10.4. The second kappa shape index (κ2) is 4.04. The summed E-state index contributed by atoms with van der Waals surface area (Å²) < 4.78 is 0. The van der Waals surface area contributed by atoms with Gasteiger partial charge >= 0.3 is 0 Å². The van der Waals surface area contributed by atoms with E-state index >= 15 is 0 Å². The van der Waals surface area contributed by atoms with Crippen LogP contribution in [0.25, 0.3) is 10.2 Å². The Labute approximate surface area is 95.1 Å². The molecule has 6 heteroatoms. The van der Waals surface area contributed by atoms with Gasteiger partial charge in [0.1, 0.15) is 10.6 Å². The Bertz CT molecular complexity index is 528. The van der Waals surface area contributed by atoms with E-state index in [1.807, 2.05) is 18.4 Å². The van der Waals surface area contributed by atoms with Gasteiger partial charge in [-0.2, -0.15) is 5.26 Å². The first-order chi connectivity index (χ1) is 7.20. The smallest absolute Gasteiger partial charge is 0.192 e. The van der Waals surface area contributed by atoms with E-state index in [1.54, 1.807) is 0 Å². The van der Waals surface area contributed by atoms with Crippen molar-refractivity contribution in [3.05, 3.63) is 11.4 Å². The van der Waals surface area contributed by atoms with Gasteiger partial charge in [0.05, 0.1) is 16.7 Å². The van der Waals surface area contributed by atoms with Gasteiger partial charge in [-0.05, 0) is 18.4 Å². The van der Waals surface area contributed by atoms with E-state index in [0.717, 1.165) is 10.2 Å². The monoisotopic (exact) mass is 236 g/mol. The molecule has 0 spiro atoms. The summed E-state index contributed by atoms with van der Waals surface area (Å²) >= 11 is 2.84. The Kier molecular flexibility index (Phi) is 2.75. The molecule has 0 radical (unpaired) electrons. The number of rotatable bonds is 2. The number of aromatic nitrogens is 2. The van der Waals surface area contributed by atoms with Crippen LogP contribution >= 0.6 is 23.1 Å². The number of thiophene rings is 1. The minimum atomic E-state index is -0.165. The Morgan fingerprint density at radius 3 is 3.13 bits per heavy atom. The highest BCUT2D eigenvalue weighted by Crippen LogP contribution is 2.27. The van der Waals surface area contributed by atoms with Crippen molar-refractivity contribution in [2.45, 2.75) is 17.3 Å². The van der Waals surface area contributed by atoms with E-state index in [0.29, 0.717) is 11.0 Å². The van der Waals surface area contributed by atoms with Gasteiger partial charge in [-0.1, -0.05) is 11.8 Å². The van der Waals surface area contributed by atoms with Crippen molar-refractivity contribution >= 4 is 39.1 Å². The van der Waals surface area contributed by atoms with Crippen LogP contribution in [0.5, 0.6) is 0 Å². The highest BCUT2D eigenvalue weighted by Gasteiger charge is 2.09. The van der Waals surface area contributed by atoms with Gasteiger partial charge < -0.3 is 5.73 Å². The number of thioether (sulfide) groups is 1. The largest absolute Gasteiger partial charge is 0.383 e. The van der Waals surface area contributed by atoms with Crippen LogP contribution in [0.15, 0.2) is 16.6 Å². The van der Waals surface area contributed by atoms with E-state index < -0.39 is 0 Å². The van der Waals surface area contributed by atoms with Gasteiger partial charge in [-0.3, -0.25) is 0 Å². The molecule has 1 atom stereocenters. The minimum Gasteiger partial charge on any atom is -0.383 e. The highest BCUT2D eigenvalue weighted by atomic mass is 32.2. The SMILES string of the molecule is CC(C#N)Sc1nc(N)c2ccsc2n1. The number of nitrogens with zero attached hydrogens (tertiary/aromatic N) is 3. The second-order valence-corrected chi connectivity index (χ2v) is 5.12. The lowest BCUT2D eigenvalue weighted by molar-refractivity contribution is 1.01. The van der Waals surface area contributed by atoms with Gasteiger partial charge in [0.25, 0.3) is 0 Å². The summed E-state index contributed by atoms with van der Waals surface area (Å²) in [6.07, 6.45) is 0. The molecule has 2 aromatic rings. The molecule has 1 unspecified atom stereocenters. The van der Waals surface area contributed by atoms with Crippen molar-refractivity contribution in [2.75, 3.05) is 5.73 Å². The molecule has 0 aliphatic rings. The molecule has 0 aromatic carbocycles. The van der Waals surface area contributed by atoms with Crippen LogP contribution in [-0.4, -0.2) is 15.2 Å². The number of fused-ring (bicyclic) bond motifs is 1. The molecule has 0 amide bonds. The van der Waals surface area contributed by atoms with Gasteiger partial charge in [-0.25, -0.2) is 9.97 Å². The van der Waals surface area contributed by atoms with Crippen molar-refractivity contribution in [1.82, 2.24) is 9.97 Å². The van der Waals surface area contributed by atoms with E-state index in [4.69, 9.17) is 11.0 Å². The first kappa shape index (κ1) is 10.2. The Morgan fingerprint density at radius 1 is 1.60 bits per heavy atom. The minimum absolute atomic E-state index is 0.165. The van der Waals surface area contributed by atoms with Crippen LogP contribution in [0.4, 0.5) is 5.82 Å². The van der Waals surface area contributed by atoms with Crippen molar-refractivity contribution in [3.8, 4) is 6.07 Å². The Morgan fingerprint density at radius 2 is 2.40 bits per heavy atom. The molecule has 2 heterocycles. The molecule has 2 rings (SSSR count). The summed E-state index contributed by atoms with van der Waals surface area (Å²) in [5.41, 5.74) is 5.78. The molecule has 15 heavy (non-hydrogen) atoms. The maximum atomic E-state index is 8.68. The second-order valence-electron chi connectivity index (χ2n) is 2.92. The lowest BCUT2D eigenvalue weighted by Gasteiger charge is -2.02. The third-order valence-corrected chi connectivity index (χ3v) is 3.46. The standard InChI is InChI=1S/C9H8N4S2/c1-5(4-10)15-9-12-7(11)6-2-3-14-8(6)13-9/h2-3,5H,1H3,(H2,11,12,13). The van der Waals surface area contributed by atoms with Crippen molar-refractivity contribution in [1.29, 1.82) is 5.26 Å². The number of hydrogen-bond acceptors (Lipinski definition) is 6. The summed E-state index contributed by atoms with van der Waals surface area (Å²) in [6.45, 7) is 1.81. The molecule has 0 aliphatic carbocycles. The predicted octanol–water partition coefficient (Wildman–Crippen LogP) is 2.28. The van der Waals surface area contributed by atoms with E-state index in [-0.39, 0.29) is 5.25 Å². The first-order valence-corrected chi connectivity index (χ1v) is 6.03. The molecular formula is C9H8N4S2. The van der Waals surface area contributed by atoms with Crippen molar-refractivity contribution in [3.63, 3.8) is 0 Å². The molecule has 2 aromatic heterocycles. The topological polar surface area (TPSA) is 75.6 Å². The van der Waals surface area contributed by atoms with Crippen LogP contribution in [0.2, 0.25) is 0 Å². The average Bonchev–Trinajstić information content (AvgIpc) is 2.66. The maximum Gasteiger partial charge on any atom is 0.192 e. The summed E-state index contributed by atoms with van der Waals surface area (Å²) in [5, 5.41) is 11.9. The van der Waals surface area contributed by atoms with E-state index in [9.17, 15) is 0 Å². The Hall–Kier alpha value is -1.32. The summed E-state index contributed by atoms with van der Waals surface area (Å²) in [6, 6.07) is 4.02. The normalized spacial score (nSPS) is 12.5. The quantitative estimate of drug-likeness (QED) is 0.639. The van der Waals surface area contributed by atoms with Crippen LogP contribution in [-0.2, 0) is 0 Å². The summed E-state index contributed by atoms with van der Waals surface area (Å²) in [7, 11) is 0. The molecule has 0 saturated heterocycles. The molecular weight excluding hydrogens is 228 g/mol. The van der Waals surface area contributed by atoms with Gasteiger partial charge in [0.2, 0.25) is 0 Å². The molecule has 4 nitrogen and oxygen atoms in total. The zero-order chi connectivity index (χ0) is 10.8. The Balaban J connectivity index is 2.41. The third kappa shape index (κ3) is 2.03. The van der Waals surface area contributed by atoms with Gasteiger partial charge in [-0.15, -0.1) is 11.3 Å². The van der Waals surface area contributed by atoms with E-state index in [1.165, 1.54) is 23.1 Å². The summed E-state index contributed by atoms with van der Waals surface area (Å²) in [5.74, 6) is 0.480. The number of nitriles is 1. The zero-order valence-corrected chi connectivity index (χ0v) is 9.60. The van der Waals surface area contributed by atoms with Crippen LogP contribution in [0, 0.1) is 11.3 Å². The van der Waals surface area contributed by atoms with Crippen LogP contribution in [0.1, 0.15) is 6.92 Å². The molecule has 0 saturated carbocycles. The fraction of sp³-hybridized carbons (Fsp3) is 0.222. The lowest BCUT2D eigenvalue weighted by Crippen LogP contribution is -1.98. The fourth-order valence-electron chi connectivity index (χ4n) is 1.10. The van der Waals surface area contributed by atoms with Crippen LogP contribution in [0.3, 0.4) is 0 Å². The number of nitrogens with two attached hydrogens (primary N) is 1. The zero-order valence-electron chi connectivity index (χ0n) is 7.97. The third-order valence-electron chi connectivity index (χ3n) is 1.80. The molecule has 0 aliphatic heterocycles. The average molecular weight is 236 g/mol. The molecule has 0 fully saturated rings. The first-order valence-electron chi connectivity index (χ1n) is 4.27. The van der Waals surface area contributed by atoms with Crippen LogP contribution < -0.4 is 5.73 Å². The number of hydrogen-bond donors (Lipinski definition) is 1. The predicted molar refractivity (Wildman–Crippen MR) is 62.8 cm³/mol. The fourth-order valence-corrected chi connectivity index (χ4v) is 2.59. The maximum absolute atomic E-state index is 8.68. The van der Waals surface area contributed by atoms with Crippen molar-refractivity contribution < 1.29 is 0 Å². The highest BCUT2D eigenvalue weighted by molar-refractivity contribution is 8.00. The molecule has 2 N–H and O–H groups in total. The van der Waals surface area contributed by atoms with Gasteiger partial charge in [0, 0.05) is 0 Å². The summed E-state index contributed by atoms with van der Waals surface area (Å²) in [4.78, 5) is 9.34. The number of nitrogen functional groups attached to an aromatic ring is 1.